The van der Waals surface area contributed by atoms with Gasteiger partial charge in [-0.25, -0.2) is 0 Å². The third kappa shape index (κ3) is 2.08. The average Bonchev–Trinajstić information content (AvgIpc) is 1.91. The number of hydrogen-bond donors (Lipinski definition) is 1. The Hall–Kier alpha value is -0.460. The molecule has 0 unspecified atom stereocenters. The van der Waals surface area contributed by atoms with Gasteiger partial charge >= 0.3 is 0 Å². The lowest BCUT2D eigenvalue weighted by molar-refractivity contribution is 0.419. The van der Waals surface area contributed by atoms with Crippen molar-refractivity contribution in [1.29, 1.82) is 0 Å². The highest BCUT2D eigenvalue weighted by Crippen LogP contribution is 2.23. The zero-order valence-corrected chi connectivity index (χ0v) is 5.84. The predicted octanol–water partition coefficient (Wildman–Crippen LogP) is 2.04. The van der Waals surface area contributed by atoms with Crippen molar-refractivity contribution in [2.45, 2.75) is 32.1 Å². The third-order valence-electron chi connectivity index (χ3n) is 2.03. The van der Waals surface area contributed by atoms with E-state index in [-0.39, 0.29) is 0 Å². The van der Waals surface area contributed by atoms with Crippen molar-refractivity contribution in [1.82, 2.24) is 0 Å². The molecule has 0 bridgehead atoms. The van der Waals surface area contributed by atoms with Crippen molar-refractivity contribution in [3.63, 3.8) is 0 Å². The fraction of sp³-hybridized carbons (Fsp3) is 0.750. The van der Waals surface area contributed by atoms with E-state index in [0.29, 0.717) is 0 Å². The van der Waals surface area contributed by atoms with Crippen LogP contribution in [-0.2, 0) is 0 Å². The molecule has 1 aliphatic carbocycles. The summed E-state index contributed by atoms with van der Waals surface area (Å²) in [5, 5.41) is 0. The van der Waals surface area contributed by atoms with Crippen LogP contribution in [0.4, 0.5) is 0 Å². The first-order chi connectivity index (χ1) is 4.43. The van der Waals surface area contributed by atoms with E-state index < -0.39 is 0 Å². The van der Waals surface area contributed by atoms with E-state index >= 15 is 0 Å². The molecule has 0 saturated heterocycles. The summed E-state index contributed by atoms with van der Waals surface area (Å²) in [6.07, 6.45) is 10.8. The van der Waals surface area contributed by atoms with Gasteiger partial charge in [-0.3, -0.25) is 0 Å². The fourth-order valence-electron chi connectivity index (χ4n) is 1.48. The average molecular weight is 125 g/mol. The van der Waals surface area contributed by atoms with Gasteiger partial charge in [0.15, 0.2) is 0 Å². The van der Waals surface area contributed by atoms with Gasteiger partial charge in [-0.1, -0.05) is 25.3 Å². The van der Waals surface area contributed by atoms with Crippen molar-refractivity contribution in [2.75, 3.05) is 0 Å². The van der Waals surface area contributed by atoms with Gasteiger partial charge in [0, 0.05) is 0 Å². The number of hydrogen-bond acceptors (Lipinski definition) is 1. The highest BCUT2D eigenvalue weighted by atomic mass is 14.5. The maximum absolute atomic E-state index is 5.28. The zero-order valence-electron chi connectivity index (χ0n) is 5.84. The summed E-state index contributed by atoms with van der Waals surface area (Å²) in [6.45, 7) is 0. The molecule has 1 heteroatoms. The maximum atomic E-state index is 5.28. The second kappa shape index (κ2) is 3.54. The molecule has 1 aliphatic rings. The predicted molar refractivity (Wildman–Crippen MR) is 39.9 cm³/mol. The van der Waals surface area contributed by atoms with Gasteiger partial charge < -0.3 is 5.73 Å². The summed E-state index contributed by atoms with van der Waals surface area (Å²) in [7, 11) is 0. The number of allylic oxidation sites excluding steroid dienone is 1. The van der Waals surface area contributed by atoms with Gasteiger partial charge in [0.1, 0.15) is 0 Å². The van der Waals surface area contributed by atoms with Crippen LogP contribution >= 0.6 is 0 Å². The maximum Gasteiger partial charge on any atom is -0.0100 e. The lowest BCUT2D eigenvalue weighted by atomic mass is 9.89. The Kier molecular flexibility index (Phi) is 2.62. The molecule has 0 heterocycles. The van der Waals surface area contributed by atoms with Crippen molar-refractivity contribution in [3.8, 4) is 0 Å². The largest absolute Gasteiger partial charge is 0.405 e. The Morgan fingerprint density at radius 2 is 1.78 bits per heavy atom. The quantitative estimate of drug-likeness (QED) is 0.570. The molecule has 0 aromatic heterocycles. The standard InChI is InChI=1S/C8H15N/c9-7-6-8-4-2-1-3-5-8/h6-8H,1-5,9H2. The summed E-state index contributed by atoms with van der Waals surface area (Å²) in [5.41, 5.74) is 5.28. The van der Waals surface area contributed by atoms with Crippen LogP contribution in [0.2, 0.25) is 0 Å². The van der Waals surface area contributed by atoms with Crippen LogP contribution in [0, 0.1) is 5.92 Å². The van der Waals surface area contributed by atoms with E-state index in [1.54, 1.807) is 6.20 Å². The van der Waals surface area contributed by atoms with Crippen molar-refractivity contribution in [3.05, 3.63) is 12.3 Å². The first kappa shape index (κ1) is 6.66. The summed E-state index contributed by atoms with van der Waals surface area (Å²) < 4.78 is 0. The van der Waals surface area contributed by atoms with E-state index in [9.17, 15) is 0 Å². The van der Waals surface area contributed by atoms with Crippen LogP contribution in [0.5, 0.6) is 0 Å². The molecule has 9 heavy (non-hydrogen) atoms. The molecule has 0 atom stereocenters. The topological polar surface area (TPSA) is 26.0 Å². The van der Waals surface area contributed by atoms with Crippen LogP contribution in [0.1, 0.15) is 32.1 Å². The van der Waals surface area contributed by atoms with Crippen molar-refractivity contribution in [2.24, 2.45) is 11.7 Å². The van der Waals surface area contributed by atoms with Crippen LogP contribution in [0.3, 0.4) is 0 Å². The second-order valence-corrected chi connectivity index (χ2v) is 2.78. The molecular weight excluding hydrogens is 110 g/mol. The normalized spacial score (nSPS) is 23.1. The van der Waals surface area contributed by atoms with Crippen LogP contribution in [-0.4, -0.2) is 0 Å². The molecule has 0 aromatic carbocycles. The molecule has 0 aromatic rings. The molecule has 52 valence electrons. The number of nitrogens with two attached hydrogens (primary N) is 1. The van der Waals surface area contributed by atoms with Gasteiger partial charge in [-0.15, -0.1) is 0 Å². The first-order valence-corrected chi connectivity index (χ1v) is 3.82. The highest BCUT2D eigenvalue weighted by Gasteiger charge is 2.08. The summed E-state index contributed by atoms with van der Waals surface area (Å²) >= 11 is 0. The van der Waals surface area contributed by atoms with Crippen LogP contribution < -0.4 is 5.73 Å². The smallest absolute Gasteiger partial charge is 0.0100 e. The molecular formula is C8H15N. The van der Waals surface area contributed by atoms with Gasteiger partial charge in [0.2, 0.25) is 0 Å². The lowest BCUT2D eigenvalue weighted by Gasteiger charge is -2.16. The van der Waals surface area contributed by atoms with Crippen LogP contribution in [0.15, 0.2) is 12.3 Å². The molecule has 1 saturated carbocycles. The molecule has 0 radical (unpaired) electrons. The molecule has 0 spiro atoms. The van der Waals surface area contributed by atoms with E-state index in [0.717, 1.165) is 5.92 Å². The molecule has 0 aliphatic heterocycles. The monoisotopic (exact) mass is 125 g/mol. The van der Waals surface area contributed by atoms with E-state index in [2.05, 4.69) is 6.08 Å². The van der Waals surface area contributed by atoms with Crippen molar-refractivity contribution >= 4 is 0 Å². The van der Waals surface area contributed by atoms with Gasteiger partial charge in [0.05, 0.1) is 0 Å². The first-order valence-electron chi connectivity index (χ1n) is 3.82. The molecule has 1 rings (SSSR count). The van der Waals surface area contributed by atoms with Gasteiger partial charge in [0.25, 0.3) is 0 Å². The Labute approximate surface area is 56.9 Å². The molecule has 1 nitrogen and oxygen atoms in total. The summed E-state index contributed by atoms with van der Waals surface area (Å²) in [5.74, 6) is 0.795. The van der Waals surface area contributed by atoms with E-state index in [1.807, 2.05) is 0 Å². The SMILES string of the molecule is NC=CC1CCCCC1. The molecule has 2 N–H and O–H groups in total. The minimum atomic E-state index is 0.795. The summed E-state index contributed by atoms with van der Waals surface area (Å²) in [6, 6.07) is 0. The fourth-order valence-corrected chi connectivity index (χ4v) is 1.48. The molecule has 1 fully saturated rings. The van der Waals surface area contributed by atoms with Gasteiger partial charge in [-0.2, -0.15) is 0 Å². The Morgan fingerprint density at radius 3 is 2.33 bits per heavy atom. The zero-order chi connectivity index (χ0) is 6.53. The van der Waals surface area contributed by atoms with Crippen LogP contribution in [0.25, 0.3) is 0 Å². The highest BCUT2D eigenvalue weighted by molar-refractivity contribution is 4.86. The number of rotatable bonds is 1. The van der Waals surface area contributed by atoms with E-state index in [4.69, 9.17) is 5.73 Å². The lowest BCUT2D eigenvalue weighted by Crippen LogP contribution is -2.03. The Bertz CT molecular complexity index is 90.7. The van der Waals surface area contributed by atoms with E-state index in [1.165, 1.54) is 32.1 Å². The Balaban J connectivity index is 2.23. The summed E-state index contributed by atoms with van der Waals surface area (Å²) in [4.78, 5) is 0. The van der Waals surface area contributed by atoms with Crippen molar-refractivity contribution < 1.29 is 0 Å². The minimum absolute atomic E-state index is 0.795. The third-order valence-corrected chi connectivity index (χ3v) is 2.03. The molecule has 0 amide bonds. The second-order valence-electron chi connectivity index (χ2n) is 2.78. The minimum Gasteiger partial charge on any atom is -0.405 e. The van der Waals surface area contributed by atoms with Gasteiger partial charge in [-0.05, 0) is 25.0 Å². The Morgan fingerprint density at radius 1 is 1.11 bits per heavy atom.